The number of benzene rings is 2. The summed E-state index contributed by atoms with van der Waals surface area (Å²) in [6, 6.07) is 22.4. The molecule has 4 heterocycles. The molecule has 5 nitrogen and oxygen atoms in total. The topological polar surface area (TPSA) is 36.3 Å². The lowest BCUT2D eigenvalue weighted by Crippen LogP contribution is -2.38. The zero-order valence-corrected chi connectivity index (χ0v) is 25.2. The van der Waals surface area contributed by atoms with Crippen LogP contribution in [0.5, 0.6) is 0 Å². The van der Waals surface area contributed by atoms with Gasteiger partial charge in [-0.05, 0) is 104 Å². The number of thiocarbonyl (C=S) groups is 1. The quantitative estimate of drug-likeness (QED) is 0.238. The number of hydrogen-bond donors (Lipinski definition) is 1. The molecular formula is C32H33Cl2N5S. The average molecular weight is 591 g/mol. The largest absolute Gasteiger partial charge is 0.370 e. The fraction of sp³-hybridized carbons (Fsp3) is 0.312. The van der Waals surface area contributed by atoms with Crippen molar-refractivity contribution >= 4 is 51.9 Å². The van der Waals surface area contributed by atoms with Crippen LogP contribution in [0.15, 0.2) is 79.1 Å². The number of pyridine rings is 1. The van der Waals surface area contributed by atoms with Crippen LogP contribution in [0.25, 0.3) is 5.69 Å². The van der Waals surface area contributed by atoms with Gasteiger partial charge in [-0.3, -0.25) is 4.98 Å². The lowest BCUT2D eigenvalue weighted by atomic mass is 9.91. The van der Waals surface area contributed by atoms with Gasteiger partial charge < -0.3 is 19.7 Å². The standard InChI is InChI=1S/C32H33Cl2N5S/c1-20-15-21(2)19-37(18-20)28-12-10-24(17-26(28)34)39-31(30(36-32(39)40)27-7-4-5-13-35-27)29-8-6-14-38(29)23-9-11-25(33)22(3)16-23/h4-14,16-17,20-21,30-31H,15,18-19H2,1-3H3,(H,36,40). The van der Waals surface area contributed by atoms with Crippen LogP contribution in [0, 0.1) is 18.8 Å². The maximum Gasteiger partial charge on any atom is 0.174 e. The van der Waals surface area contributed by atoms with Crippen LogP contribution in [0.1, 0.15) is 49.3 Å². The second-order valence-corrected chi connectivity index (χ2v) is 12.4. The van der Waals surface area contributed by atoms with Crippen LogP contribution in [0.4, 0.5) is 11.4 Å². The first-order chi connectivity index (χ1) is 19.3. The van der Waals surface area contributed by atoms with Crippen LogP contribution in [0.3, 0.4) is 0 Å². The van der Waals surface area contributed by atoms with Gasteiger partial charge in [0.25, 0.3) is 0 Å². The van der Waals surface area contributed by atoms with Crippen LogP contribution in [0.2, 0.25) is 10.0 Å². The first-order valence-electron chi connectivity index (χ1n) is 13.8. The van der Waals surface area contributed by atoms with E-state index >= 15 is 0 Å². The summed E-state index contributed by atoms with van der Waals surface area (Å²) in [7, 11) is 0. The molecule has 4 atom stereocenters. The van der Waals surface area contributed by atoms with Gasteiger partial charge in [-0.15, -0.1) is 0 Å². The molecule has 206 valence electrons. The van der Waals surface area contributed by atoms with Crippen molar-refractivity contribution in [3.05, 3.63) is 106 Å². The third-order valence-corrected chi connectivity index (χ3v) is 9.06. The van der Waals surface area contributed by atoms with E-state index in [1.807, 2.05) is 43.5 Å². The predicted octanol–water partition coefficient (Wildman–Crippen LogP) is 8.15. The third-order valence-electron chi connectivity index (χ3n) is 8.02. The van der Waals surface area contributed by atoms with E-state index < -0.39 is 0 Å². The first-order valence-corrected chi connectivity index (χ1v) is 15.0. The Bertz CT molecular complexity index is 1530. The smallest absolute Gasteiger partial charge is 0.174 e. The van der Waals surface area contributed by atoms with Crippen LogP contribution < -0.4 is 15.1 Å². The second kappa shape index (κ2) is 11.1. The number of nitrogens with zero attached hydrogens (tertiary/aromatic N) is 4. The molecule has 0 bridgehead atoms. The van der Waals surface area contributed by atoms with Gasteiger partial charge in [0.15, 0.2) is 5.11 Å². The van der Waals surface area contributed by atoms with E-state index in [2.05, 4.69) is 76.1 Å². The van der Waals surface area contributed by atoms with Crippen molar-refractivity contribution in [3.63, 3.8) is 0 Å². The summed E-state index contributed by atoms with van der Waals surface area (Å²) < 4.78 is 2.21. The van der Waals surface area contributed by atoms with E-state index in [9.17, 15) is 0 Å². The Morgan fingerprint density at radius 3 is 2.38 bits per heavy atom. The Labute approximate surface area is 251 Å². The van der Waals surface area contributed by atoms with E-state index in [0.29, 0.717) is 16.9 Å². The number of anilines is 2. The van der Waals surface area contributed by atoms with Crippen molar-refractivity contribution in [3.8, 4) is 5.69 Å². The molecule has 1 N–H and O–H groups in total. The van der Waals surface area contributed by atoms with Crippen molar-refractivity contribution in [2.45, 2.75) is 39.3 Å². The molecule has 0 radical (unpaired) electrons. The van der Waals surface area contributed by atoms with Gasteiger partial charge in [-0.1, -0.05) is 43.1 Å². The molecule has 0 amide bonds. The minimum atomic E-state index is -0.162. The summed E-state index contributed by atoms with van der Waals surface area (Å²) in [5.74, 6) is 1.28. The van der Waals surface area contributed by atoms with E-state index in [0.717, 1.165) is 57.1 Å². The number of nitrogens with one attached hydrogen (secondary N) is 1. The molecule has 4 aromatic rings. The molecule has 2 aromatic carbocycles. The molecule has 40 heavy (non-hydrogen) atoms. The third kappa shape index (κ3) is 5.09. The molecule has 0 spiro atoms. The molecule has 4 unspecified atom stereocenters. The van der Waals surface area contributed by atoms with Gasteiger partial charge in [0.1, 0.15) is 6.04 Å². The molecule has 0 saturated carbocycles. The Morgan fingerprint density at radius 1 is 0.900 bits per heavy atom. The van der Waals surface area contributed by atoms with Crippen molar-refractivity contribution in [2.75, 3.05) is 22.9 Å². The Balaban J connectivity index is 1.43. The summed E-state index contributed by atoms with van der Waals surface area (Å²) >= 11 is 19.4. The fourth-order valence-corrected chi connectivity index (χ4v) is 7.10. The van der Waals surface area contributed by atoms with Gasteiger partial charge >= 0.3 is 0 Å². The average Bonchev–Trinajstić information content (AvgIpc) is 3.54. The number of hydrogen-bond acceptors (Lipinski definition) is 3. The maximum atomic E-state index is 7.01. The van der Waals surface area contributed by atoms with Crippen LogP contribution in [-0.2, 0) is 0 Å². The number of rotatable bonds is 5. The molecule has 8 heteroatoms. The van der Waals surface area contributed by atoms with Gasteiger partial charge in [0.2, 0.25) is 0 Å². The van der Waals surface area contributed by atoms with Gasteiger partial charge in [0, 0.05) is 47.6 Å². The van der Waals surface area contributed by atoms with Gasteiger partial charge in [-0.2, -0.15) is 0 Å². The molecule has 0 aliphatic carbocycles. The van der Waals surface area contributed by atoms with Crippen LogP contribution in [-0.4, -0.2) is 27.8 Å². The molecule has 6 rings (SSSR count). The molecule has 2 aliphatic heterocycles. The number of halogens is 2. The number of piperidine rings is 1. The fourth-order valence-electron chi connectivity index (χ4n) is 6.34. The predicted molar refractivity (Wildman–Crippen MR) is 170 cm³/mol. The van der Waals surface area contributed by atoms with E-state index in [1.165, 1.54) is 6.42 Å². The Morgan fingerprint density at radius 2 is 1.68 bits per heavy atom. The van der Waals surface area contributed by atoms with Crippen LogP contribution >= 0.6 is 35.4 Å². The zero-order chi connectivity index (χ0) is 28.0. The van der Waals surface area contributed by atoms with E-state index in [1.54, 1.807) is 0 Å². The highest BCUT2D eigenvalue weighted by atomic mass is 35.5. The van der Waals surface area contributed by atoms with E-state index in [-0.39, 0.29) is 12.1 Å². The van der Waals surface area contributed by atoms with Crippen molar-refractivity contribution < 1.29 is 0 Å². The molecule has 2 fully saturated rings. The highest BCUT2D eigenvalue weighted by molar-refractivity contribution is 7.80. The molecule has 2 aliphatic rings. The lowest BCUT2D eigenvalue weighted by Gasteiger charge is -2.37. The lowest BCUT2D eigenvalue weighted by molar-refractivity contribution is 0.357. The number of aryl methyl sites for hydroxylation is 1. The zero-order valence-electron chi connectivity index (χ0n) is 22.9. The Kier molecular flexibility index (Phi) is 7.51. The normalized spacial score (nSPS) is 23.0. The molecule has 2 saturated heterocycles. The van der Waals surface area contributed by atoms with Gasteiger partial charge in [0.05, 0.1) is 22.4 Å². The van der Waals surface area contributed by atoms with Crippen molar-refractivity contribution in [2.24, 2.45) is 11.8 Å². The monoisotopic (exact) mass is 589 g/mol. The summed E-state index contributed by atoms with van der Waals surface area (Å²) in [6.45, 7) is 8.70. The van der Waals surface area contributed by atoms with Crippen molar-refractivity contribution in [1.82, 2.24) is 14.9 Å². The Hall–Kier alpha value is -3.06. The highest BCUT2D eigenvalue weighted by Gasteiger charge is 2.42. The minimum absolute atomic E-state index is 0.155. The van der Waals surface area contributed by atoms with Gasteiger partial charge in [-0.25, -0.2) is 0 Å². The summed E-state index contributed by atoms with van der Waals surface area (Å²) in [5, 5.41) is 5.71. The minimum Gasteiger partial charge on any atom is -0.370 e. The summed E-state index contributed by atoms with van der Waals surface area (Å²) in [5.41, 5.74) is 6.12. The highest BCUT2D eigenvalue weighted by Crippen LogP contribution is 2.44. The maximum absolute atomic E-state index is 7.01. The van der Waals surface area contributed by atoms with E-state index in [4.69, 9.17) is 40.4 Å². The first kappa shape index (κ1) is 27.1. The SMILES string of the molecule is Cc1cc(-n2cccc2C2C(c3ccccn3)NC(=S)N2c2ccc(N3CC(C)CC(C)C3)c(Cl)c2)ccc1Cl. The second-order valence-electron chi connectivity index (χ2n) is 11.2. The molecule has 2 aromatic heterocycles. The number of aromatic nitrogens is 2. The van der Waals surface area contributed by atoms with Crippen molar-refractivity contribution in [1.29, 1.82) is 0 Å². The summed E-state index contributed by atoms with van der Waals surface area (Å²) in [6.07, 6.45) is 5.17. The summed E-state index contributed by atoms with van der Waals surface area (Å²) in [4.78, 5) is 9.32. The molecular weight excluding hydrogens is 557 g/mol.